The van der Waals surface area contributed by atoms with Crippen molar-refractivity contribution in [3.8, 4) is 11.5 Å². The Kier molecular flexibility index (Phi) is 5.31. The standard InChI is InChI=1S/C18H18N2O6S/c1-9-10(2)27-17(14(9)16(22)20-18(23)24-3)19-15(21)13-8-25-11-6-4-5-7-12(11)26-13/h4-7,13H,8H2,1-3H3,(H,19,21)(H,20,22,23)/t13-/m0/s1. The minimum atomic E-state index is -0.874. The van der Waals surface area contributed by atoms with Crippen LogP contribution in [0.25, 0.3) is 0 Å². The van der Waals surface area contributed by atoms with Gasteiger partial charge in [-0.25, -0.2) is 4.79 Å². The van der Waals surface area contributed by atoms with E-state index in [9.17, 15) is 14.4 Å². The van der Waals surface area contributed by atoms with Crippen molar-refractivity contribution in [1.29, 1.82) is 0 Å². The van der Waals surface area contributed by atoms with Gasteiger partial charge in [-0.05, 0) is 31.5 Å². The van der Waals surface area contributed by atoms with Crippen LogP contribution in [0.3, 0.4) is 0 Å². The van der Waals surface area contributed by atoms with Gasteiger partial charge in [-0.3, -0.25) is 14.9 Å². The van der Waals surface area contributed by atoms with Crippen molar-refractivity contribution < 1.29 is 28.6 Å². The van der Waals surface area contributed by atoms with Gasteiger partial charge in [0.1, 0.15) is 11.6 Å². The molecule has 0 fully saturated rings. The minimum Gasteiger partial charge on any atom is -0.485 e. The number of ether oxygens (including phenoxy) is 3. The number of nitrogens with one attached hydrogen (secondary N) is 2. The maximum Gasteiger partial charge on any atom is 0.413 e. The van der Waals surface area contributed by atoms with Crippen LogP contribution in [0.2, 0.25) is 0 Å². The highest BCUT2D eigenvalue weighted by Gasteiger charge is 2.30. The van der Waals surface area contributed by atoms with Gasteiger partial charge in [0, 0.05) is 4.88 Å². The first-order valence-corrected chi connectivity index (χ1v) is 8.91. The number of carbonyl (C=O) groups excluding carboxylic acids is 3. The molecule has 3 amide bonds. The van der Waals surface area contributed by atoms with E-state index in [1.807, 2.05) is 13.0 Å². The van der Waals surface area contributed by atoms with Crippen LogP contribution in [-0.4, -0.2) is 37.7 Å². The van der Waals surface area contributed by atoms with Gasteiger partial charge in [-0.2, -0.15) is 0 Å². The summed E-state index contributed by atoms with van der Waals surface area (Å²) in [6.45, 7) is 3.61. The molecule has 0 aliphatic carbocycles. The Hall–Kier alpha value is -3.07. The van der Waals surface area contributed by atoms with Gasteiger partial charge in [0.25, 0.3) is 11.8 Å². The average Bonchev–Trinajstić information content (AvgIpc) is 2.94. The lowest BCUT2D eigenvalue weighted by molar-refractivity contribution is -0.125. The SMILES string of the molecule is COC(=O)NC(=O)c1c(NC(=O)[C@@H]2COc3ccccc3O2)sc(C)c1C. The number of hydrogen-bond acceptors (Lipinski definition) is 7. The number of aryl methyl sites for hydroxylation is 1. The third kappa shape index (κ3) is 3.87. The summed E-state index contributed by atoms with van der Waals surface area (Å²) in [4.78, 5) is 37.2. The Morgan fingerprint density at radius 3 is 2.59 bits per heavy atom. The third-order valence-electron chi connectivity index (χ3n) is 4.05. The van der Waals surface area contributed by atoms with Crippen molar-refractivity contribution in [1.82, 2.24) is 5.32 Å². The van der Waals surface area contributed by atoms with E-state index in [1.165, 1.54) is 11.3 Å². The molecule has 1 atom stereocenters. The predicted molar refractivity (Wildman–Crippen MR) is 98.6 cm³/mol. The highest BCUT2D eigenvalue weighted by atomic mass is 32.1. The first-order chi connectivity index (χ1) is 12.9. The summed E-state index contributed by atoms with van der Waals surface area (Å²) in [5.74, 6) is -0.0448. The normalized spacial score (nSPS) is 15.0. The largest absolute Gasteiger partial charge is 0.485 e. The minimum absolute atomic E-state index is 0.0515. The Morgan fingerprint density at radius 2 is 1.89 bits per heavy atom. The van der Waals surface area contributed by atoms with Crippen LogP contribution in [0, 0.1) is 13.8 Å². The van der Waals surface area contributed by atoms with Crippen molar-refractivity contribution in [2.24, 2.45) is 0 Å². The van der Waals surface area contributed by atoms with Gasteiger partial charge < -0.3 is 19.5 Å². The number of imide groups is 1. The maximum absolute atomic E-state index is 12.6. The zero-order valence-electron chi connectivity index (χ0n) is 15.0. The van der Waals surface area contributed by atoms with E-state index in [0.717, 1.165) is 12.0 Å². The van der Waals surface area contributed by atoms with E-state index in [0.29, 0.717) is 22.1 Å². The number of fused-ring (bicyclic) bond motifs is 1. The van der Waals surface area contributed by atoms with Crippen LogP contribution in [0.4, 0.5) is 9.80 Å². The number of methoxy groups -OCH3 is 1. The van der Waals surface area contributed by atoms with E-state index < -0.39 is 24.0 Å². The Bertz CT molecular complexity index is 907. The molecule has 3 rings (SSSR count). The molecule has 2 N–H and O–H groups in total. The second kappa shape index (κ2) is 7.67. The first kappa shape index (κ1) is 18.7. The fourth-order valence-electron chi connectivity index (χ4n) is 2.54. The lowest BCUT2D eigenvalue weighted by atomic mass is 10.1. The van der Waals surface area contributed by atoms with Crippen molar-refractivity contribution in [2.45, 2.75) is 20.0 Å². The van der Waals surface area contributed by atoms with E-state index in [4.69, 9.17) is 9.47 Å². The number of hydrogen-bond donors (Lipinski definition) is 2. The van der Waals surface area contributed by atoms with Crippen LogP contribution in [0.15, 0.2) is 24.3 Å². The topological polar surface area (TPSA) is 103 Å². The number of thiophene rings is 1. The molecule has 1 aliphatic rings. The van der Waals surface area contributed by atoms with Crippen LogP contribution in [-0.2, 0) is 9.53 Å². The van der Waals surface area contributed by atoms with E-state index in [-0.39, 0.29) is 12.2 Å². The number of anilines is 1. The average molecular weight is 390 g/mol. The number of alkyl carbamates (subject to hydrolysis) is 1. The molecule has 0 bridgehead atoms. The zero-order chi connectivity index (χ0) is 19.6. The van der Waals surface area contributed by atoms with Gasteiger partial charge in [-0.1, -0.05) is 12.1 Å². The van der Waals surface area contributed by atoms with Gasteiger partial charge in [-0.15, -0.1) is 11.3 Å². The third-order valence-corrected chi connectivity index (χ3v) is 5.17. The molecule has 2 heterocycles. The number of rotatable bonds is 3. The lowest BCUT2D eigenvalue weighted by Gasteiger charge is -2.25. The molecule has 1 aliphatic heterocycles. The number of carbonyl (C=O) groups is 3. The van der Waals surface area contributed by atoms with Crippen molar-refractivity contribution in [2.75, 3.05) is 19.0 Å². The fourth-order valence-corrected chi connectivity index (χ4v) is 3.60. The quantitative estimate of drug-likeness (QED) is 0.835. The zero-order valence-corrected chi connectivity index (χ0v) is 15.8. The predicted octanol–water partition coefficient (Wildman–Crippen LogP) is 2.64. The van der Waals surface area contributed by atoms with Crippen LogP contribution >= 0.6 is 11.3 Å². The van der Waals surface area contributed by atoms with E-state index in [2.05, 4.69) is 15.4 Å². The van der Waals surface area contributed by atoms with Crippen molar-refractivity contribution in [3.05, 3.63) is 40.3 Å². The lowest BCUT2D eigenvalue weighted by Crippen LogP contribution is -2.40. The van der Waals surface area contributed by atoms with Gasteiger partial charge in [0.05, 0.1) is 12.7 Å². The molecule has 0 spiro atoms. The highest BCUT2D eigenvalue weighted by molar-refractivity contribution is 7.16. The molecular formula is C18H18N2O6S. The number of para-hydroxylation sites is 2. The molecule has 142 valence electrons. The molecule has 8 nitrogen and oxygen atoms in total. The van der Waals surface area contributed by atoms with Crippen molar-refractivity contribution in [3.63, 3.8) is 0 Å². The Balaban J connectivity index is 1.78. The van der Waals surface area contributed by atoms with Crippen LogP contribution in [0.5, 0.6) is 11.5 Å². The van der Waals surface area contributed by atoms with Crippen molar-refractivity contribution >= 4 is 34.2 Å². The van der Waals surface area contributed by atoms with E-state index in [1.54, 1.807) is 25.1 Å². The summed E-state index contributed by atoms with van der Waals surface area (Å²) < 4.78 is 15.7. The van der Waals surface area contributed by atoms with Crippen LogP contribution in [0.1, 0.15) is 20.8 Å². The van der Waals surface area contributed by atoms with Crippen LogP contribution < -0.4 is 20.1 Å². The molecular weight excluding hydrogens is 372 g/mol. The summed E-state index contributed by atoms with van der Waals surface area (Å²) >= 11 is 1.24. The number of amides is 3. The summed E-state index contributed by atoms with van der Waals surface area (Å²) in [5.41, 5.74) is 0.885. The monoisotopic (exact) mass is 390 g/mol. The second-order valence-corrected chi connectivity index (χ2v) is 7.01. The molecule has 2 aromatic rings. The van der Waals surface area contributed by atoms with E-state index >= 15 is 0 Å². The molecule has 0 saturated carbocycles. The first-order valence-electron chi connectivity index (χ1n) is 8.09. The Morgan fingerprint density at radius 1 is 1.19 bits per heavy atom. The van der Waals surface area contributed by atoms with Gasteiger partial charge in [0.15, 0.2) is 11.5 Å². The fraction of sp³-hybridized carbons (Fsp3) is 0.278. The molecule has 9 heteroatoms. The van der Waals surface area contributed by atoms with Gasteiger partial charge >= 0.3 is 6.09 Å². The molecule has 1 aromatic heterocycles. The molecule has 1 aromatic carbocycles. The summed E-state index contributed by atoms with van der Waals surface area (Å²) in [6, 6.07) is 7.06. The molecule has 0 saturated heterocycles. The van der Waals surface area contributed by atoms with Gasteiger partial charge in [0.2, 0.25) is 6.10 Å². The summed E-state index contributed by atoms with van der Waals surface area (Å²) in [6.07, 6.45) is -1.74. The summed E-state index contributed by atoms with van der Waals surface area (Å²) in [7, 11) is 1.16. The smallest absolute Gasteiger partial charge is 0.413 e. The molecule has 27 heavy (non-hydrogen) atoms. The molecule has 0 unspecified atom stereocenters. The number of benzene rings is 1. The molecule has 0 radical (unpaired) electrons. The second-order valence-electron chi connectivity index (χ2n) is 5.79. The highest BCUT2D eigenvalue weighted by Crippen LogP contribution is 2.34. The summed E-state index contributed by atoms with van der Waals surface area (Å²) in [5, 5.41) is 5.14. The Labute approximate surface area is 159 Å². The maximum atomic E-state index is 12.6.